The zero-order chi connectivity index (χ0) is 17.9. The summed E-state index contributed by atoms with van der Waals surface area (Å²) in [6, 6.07) is 23.0. The van der Waals surface area contributed by atoms with Crippen LogP contribution in [0.5, 0.6) is 11.5 Å². The van der Waals surface area contributed by atoms with Gasteiger partial charge in [-0.15, -0.1) is 0 Å². The van der Waals surface area contributed by atoms with Crippen LogP contribution < -0.4 is 16.2 Å². The van der Waals surface area contributed by atoms with Crippen LogP contribution in [-0.4, -0.2) is 15.9 Å². The number of aromatic nitrogens is 2. The lowest BCUT2D eigenvalue weighted by Gasteiger charge is -2.09. The lowest BCUT2D eigenvalue weighted by atomic mass is 10.2. The highest BCUT2D eigenvalue weighted by atomic mass is 16.5. The van der Waals surface area contributed by atoms with Crippen LogP contribution in [0.1, 0.15) is 0 Å². The van der Waals surface area contributed by atoms with Crippen LogP contribution in [0.2, 0.25) is 0 Å². The molecule has 0 saturated carbocycles. The summed E-state index contributed by atoms with van der Waals surface area (Å²) in [4.78, 5) is 12.0. The highest BCUT2D eigenvalue weighted by molar-refractivity contribution is 5.85. The van der Waals surface area contributed by atoms with Gasteiger partial charge in [-0.3, -0.25) is 0 Å². The average molecular weight is 343 g/mol. The summed E-state index contributed by atoms with van der Waals surface area (Å²) in [7, 11) is 0. The molecule has 0 unspecified atom stereocenters. The monoisotopic (exact) mass is 343 g/mol. The van der Waals surface area contributed by atoms with E-state index in [0.29, 0.717) is 11.5 Å². The Kier molecular flexibility index (Phi) is 3.99. The fourth-order valence-electron chi connectivity index (χ4n) is 2.71. The summed E-state index contributed by atoms with van der Waals surface area (Å²) in [5, 5.41) is 0. The molecule has 0 radical (unpaired) electrons. The van der Waals surface area contributed by atoms with Crippen molar-refractivity contribution in [2.75, 3.05) is 0 Å². The van der Waals surface area contributed by atoms with Crippen LogP contribution in [0.3, 0.4) is 0 Å². The number of aromatic amines is 1. The Labute approximate surface area is 150 Å². The molecule has 3 aromatic carbocycles. The number of nitrogens with zero attached hydrogens (tertiary/aromatic N) is 2. The average Bonchev–Trinajstić information content (AvgIpc) is 3.05. The predicted octanol–water partition coefficient (Wildman–Crippen LogP) is 3.93. The fourth-order valence-corrected chi connectivity index (χ4v) is 2.71. The predicted molar refractivity (Wildman–Crippen MR) is 104 cm³/mol. The smallest absolute Gasteiger partial charge is 0.191 e. The van der Waals surface area contributed by atoms with Gasteiger partial charge in [0.05, 0.1) is 22.3 Å². The number of ether oxygens (including phenoxy) is 1. The number of rotatable bonds is 4. The maximum absolute atomic E-state index is 6.02. The van der Waals surface area contributed by atoms with Crippen molar-refractivity contribution in [3.8, 4) is 22.9 Å². The van der Waals surface area contributed by atoms with Crippen molar-refractivity contribution in [3.63, 3.8) is 0 Å². The first kappa shape index (κ1) is 15.7. The molecular formula is C20H17N5O. The van der Waals surface area contributed by atoms with Crippen molar-refractivity contribution < 1.29 is 4.74 Å². The zero-order valence-electron chi connectivity index (χ0n) is 13.9. The number of guanidine groups is 1. The van der Waals surface area contributed by atoms with Crippen molar-refractivity contribution in [2.24, 2.45) is 16.5 Å². The zero-order valence-corrected chi connectivity index (χ0v) is 13.9. The number of nitrogens with one attached hydrogen (secondary N) is 1. The third kappa shape index (κ3) is 3.21. The fraction of sp³-hybridized carbons (Fsp3) is 0. The molecule has 0 bridgehead atoms. The number of hydrogen-bond donors (Lipinski definition) is 3. The number of hydrogen-bond acceptors (Lipinski definition) is 3. The highest BCUT2D eigenvalue weighted by Gasteiger charge is 2.11. The van der Waals surface area contributed by atoms with Crippen molar-refractivity contribution in [3.05, 3.63) is 72.8 Å². The first-order valence-corrected chi connectivity index (χ1v) is 8.11. The molecule has 0 aliphatic carbocycles. The maximum Gasteiger partial charge on any atom is 0.191 e. The van der Waals surface area contributed by atoms with E-state index in [1.165, 1.54) is 0 Å². The maximum atomic E-state index is 6.02. The van der Waals surface area contributed by atoms with E-state index in [2.05, 4.69) is 15.0 Å². The Morgan fingerprint density at radius 3 is 2.50 bits per heavy atom. The molecule has 128 valence electrons. The van der Waals surface area contributed by atoms with Crippen LogP contribution in [0, 0.1) is 0 Å². The van der Waals surface area contributed by atoms with Crippen molar-refractivity contribution in [1.29, 1.82) is 0 Å². The Morgan fingerprint density at radius 2 is 1.69 bits per heavy atom. The van der Waals surface area contributed by atoms with Crippen LogP contribution in [0.25, 0.3) is 22.4 Å². The van der Waals surface area contributed by atoms with Gasteiger partial charge in [-0.05, 0) is 42.5 Å². The number of H-pyrrole nitrogens is 1. The molecule has 26 heavy (non-hydrogen) atoms. The van der Waals surface area contributed by atoms with E-state index in [9.17, 15) is 0 Å². The molecule has 4 aromatic rings. The Bertz CT molecular complexity index is 1080. The van der Waals surface area contributed by atoms with Crippen LogP contribution >= 0.6 is 0 Å². The van der Waals surface area contributed by atoms with E-state index in [1.54, 1.807) is 0 Å². The van der Waals surface area contributed by atoms with Crippen molar-refractivity contribution in [2.45, 2.75) is 0 Å². The molecule has 1 aromatic heterocycles. The van der Waals surface area contributed by atoms with Gasteiger partial charge in [-0.2, -0.15) is 0 Å². The van der Waals surface area contributed by atoms with Gasteiger partial charge >= 0.3 is 0 Å². The second-order valence-electron chi connectivity index (χ2n) is 5.73. The number of fused-ring (bicyclic) bond motifs is 1. The van der Waals surface area contributed by atoms with Gasteiger partial charge in [0.2, 0.25) is 0 Å². The molecule has 4 rings (SSSR count). The van der Waals surface area contributed by atoms with Crippen molar-refractivity contribution in [1.82, 2.24) is 9.97 Å². The molecule has 0 aliphatic rings. The summed E-state index contributed by atoms with van der Waals surface area (Å²) in [5.74, 6) is 2.23. The summed E-state index contributed by atoms with van der Waals surface area (Å²) >= 11 is 0. The van der Waals surface area contributed by atoms with Crippen LogP contribution in [0.15, 0.2) is 77.8 Å². The number of benzene rings is 3. The minimum atomic E-state index is 0.0192. The summed E-state index contributed by atoms with van der Waals surface area (Å²) < 4.78 is 6.02. The molecule has 0 aliphatic heterocycles. The minimum absolute atomic E-state index is 0.0192. The quantitative estimate of drug-likeness (QED) is 0.386. The van der Waals surface area contributed by atoms with E-state index in [4.69, 9.17) is 16.2 Å². The first-order chi connectivity index (χ1) is 12.7. The SMILES string of the molecule is NC(N)=Nc1ccc2nc(-c3ccccc3Oc3ccccc3)[nH]c2c1. The van der Waals surface area contributed by atoms with E-state index < -0.39 is 0 Å². The molecule has 0 spiro atoms. The third-order valence-electron chi connectivity index (χ3n) is 3.84. The summed E-state index contributed by atoms with van der Waals surface area (Å²) in [6.07, 6.45) is 0. The van der Waals surface area contributed by atoms with E-state index in [-0.39, 0.29) is 5.96 Å². The van der Waals surface area contributed by atoms with E-state index in [0.717, 1.165) is 28.1 Å². The number of para-hydroxylation sites is 2. The second kappa shape index (κ2) is 6.60. The second-order valence-corrected chi connectivity index (χ2v) is 5.73. The number of imidazole rings is 1. The first-order valence-electron chi connectivity index (χ1n) is 8.11. The van der Waals surface area contributed by atoms with Crippen molar-refractivity contribution >= 4 is 22.7 Å². The summed E-state index contributed by atoms with van der Waals surface area (Å²) in [5.41, 5.74) is 14.1. The van der Waals surface area contributed by atoms with Gasteiger partial charge in [0.1, 0.15) is 17.3 Å². The van der Waals surface area contributed by atoms with Gasteiger partial charge in [0.25, 0.3) is 0 Å². The van der Waals surface area contributed by atoms with Gasteiger partial charge in [0.15, 0.2) is 5.96 Å². The number of aliphatic imine (C=N–C) groups is 1. The standard InChI is InChI=1S/C20H17N5O/c21-20(22)23-13-10-11-16-17(12-13)25-19(24-16)15-8-4-5-9-18(15)26-14-6-2-1-3-7-14/h1-12H,(H,24,25)(H4,21,22,23). The third-order valence-corrected chi connectivity index (χ3v) is 3.84. The molecule has 0 atom stereocenters. The highest BCUT2D eigenvalue weighted by Crippen LogP contribution is 2.33. The molecule has 1 heterocycles. The minimum Gasteiger partial charge on any atom is -0.457 e. The molecular weight excluding hydrogens is 326 g/mol. The Balaban J connectivity index is 1.75. The number of nitrogens with two attached hydrogens (primary N) is 2. The molecule has 6 heteroatoms. The van der Waals surface area contributed by atoms with Gasteiger partial charge in [-0.1, -0.05) is 30.3 Å². The van der Waals surface area contributed by atoms with E-state index >= 15 is 0 Å². The van der Waals surface area contributed by atoms with Gasteiger partial charge < -0.3 is 21.2 Å². The molecule has 0 saturated heterocycles. The molecule has 0 amide bonds. The lowest BCUT2D eigenvalue weighted by Crippen LogP contribution is -2.21. The molecule has 0 fully saturated rings. The van der Waals surface area contributed by atoms with Gasteiger partial charge in [0, 0.05) is 0 Å². The lowest BCUT2D eigenvalue weighted by molar-refractivity contribution is 0.484. The summed E-state index contributed by atoms with van der Waals surface area (Å²) in [6.45, 7) is 0. The van der Waals surface area contributed by atoms with Crippen LogP contribution in [0.4, 0.5) is 5.69 Å². The molecule has 6 nitrogen and oxygen atoms in total. The Morgan fingerprint density at radius 1 is 0.923 bits per heavy atom. The largest absolute Gasteiger partial charge is 0.457 e. The molecule has 5 N–H and O–H groups in total. The topological polar surface area (TPSA) is 102 Å². The van der Waals surface area contributed by atoms with E-state index in [1.807, 2.05) is 72.8 Å². The Hall–Kier alpha value is -3.80. The van der Waals surface area contributed by atoms with Gasteiger partial charge in [-0.25, -0.2) is 9.98 Å². The van der Waals surface area contributed by atoms with Crippen LogP contribution in [-0.2, 0) is 0 Å². The normalized spacial score (nSPS) is 10.6.